The van der Waals surface area contributed by atoms with Crippen molar-refractivity contribution < 1.29 is 9.90 Å². The molecule has 2 aromatic rings. The largest absolute Gasteiger partial charge is 0.549 e. The van der Waals surface area contributed by atoms with Crippen LogP contribution in [0.25, 0.3) is 10.9 Å². The summed E-state index contributed by atoms with van der Waals surface area (Å²) in [4.78, 5) is 14.1. The SMILES string of the molecule is CCC(C(=O)[O-])c1c[nH]c2ccc(Br)c(Cl)c12. The van der Waals surface area contributed by atoms with Gasteiger partial charge in [-0.25, -0.2) is 0 Å². The van der Waals surface area contributed by atoms with Crippen LogP contribution in [-0.4, -0.2) is 11.0 Å². The van der Waals surface area contributed by atoms with Crippen LogP contribution in [-0.2, 0) is 4.79 Å². The molecule has 3 nitrogen and oxygen atoms in total. The maximum atomic E-state index is 11.1. The summed E-state index contributed by atoms with van der Waals surface area (Å²) in [5, 5.41) is 12.4. The maximum absolute atomic E-state index is 11.1. The molecule has 1 N–H and O–H groups in total. The molecule has 0 fully saturated rings. The van der Waals surface area contributed by atoms with Crippen molar-refractivity contribution in [3.05, 3.63) is 33.4 Å². The third kappa shape index (κ3) is 2.07. The molecule has 0 aliphatic carbocycles. The molecule has 0 bridgehead atoms. The number of hydrogen-bond acceptors (Lipinski definition) is 2. The van der Waals surface area contributed by atoms with Crippen LogP contribution in [0.4, 0.5) is 0 Å². The van der Waals surface area contributed by atoms with Crippen molar-refractivity contribution in [2.24, 2.45) is 0 Å². The van der Waals surface area contributed by atoms with Crippen molar-refractivity contribution in [2.45, 2.75) is 19.3 Å². The first-order chi connectivity index (χ1) is 8.06. The summed E-state index contributed by atoms with van der Waals surface area (Å²) in [6.07, 6.45) is 2.16. The second-order valence-corrected chi connectivity index (χ2v) is 5.04. The van der Waals surface area contributed by atoms with Gasteiger partial charge < -0.3 is 14.9 Å². The Morgan fingerprint density at radius 2 is 2.29 bits per heavy atom. The average molecular weight is 316 g/mol. The second kappa shape index (κ2) is 4.70. The zero-order valence-corrected chi connectivity index (χ0v) is 11.4. The second-order valence-electron chi connectivity index (χ2n) is 3.81. The zero-order chi connectivity index (χ0) is 12.6. The Balaban J connectivity index is 2.70. The predicted molar refractivity (Wildman–Crippen MR) is 69.0 cm³/mol. The highest BCUT2D eigenvalue weighted by Crippen LogP contribution is 2.36. The van der Waals surface area contributed by atoms with E-state index >= 15 is 0 Å². The normalized spacial score (nSPS) is 12.9. The number of H-pyrrole nitrogens is 1. The van der Waals surface area contributed by atoms with Crippen molar-refractivity contribution in [1.29, 1.82) is 0 Å². The number of aliphatic carboxylic acids is 1. The van der Waals surface area contributed by atoms with Gasteiger partial charge in [-0.15, -0.1) is 0 Å². The van der Waals surface area contributed by atoms with Crippen LogP contribution in [0.3, 0.4) is 0 Å². The van der Waals surface area contributed by atoms with E-state index in [-0.39, 0.29) is 0 Å². The van der Waals surface area contributed by atoms with Crippen LogP contribution in [0.1, 0.15) is 24.8 Å². The number of hydrogen-bond donors (Lipinski definition) is 1. The number of nitrogens with one attached hydrogen (secondary N) is 1. The number of carboxylic acid groups (broad SMARTS) is 1. The Hall–Kier alpha value is -1.000. The lowest BCUT2D eigenvalue weighted by Gasteiger charge is -2.15. The molecule has 0 radical (unpaired) electrons. The molecule has 1 aromatic carbocycles. The number of rotatable bonds is 3. The summed E-state index contributed by atoms with van der Waals surface area (Å²) in [6.45, 7) is 1.81. The number of fused-ring (bicyclic) bond motifs is 1. The Morgan fingerprint density at radius 3 is 2.88 bits per heavy atom. The van der Waals surface area contributed by atoms with Crippen molar-refractivity contribution in [1.82, 2.24) is 4.98 Å². The van der Waals surface area contributed by atoms with Crippen LogP contribution in [0, 0.1) is 0 Å². The van der Waals surface area contributed by atoms with Crippen molar-refractivity contribution >= 4 is 44.4 Å². The zero-order valence-electron chi connectivity index (χ0n) is 9.09. The Kier molecular flexibility index (Phi) is 3.45. The number of aromatic amines is 1. The third-order valence-corrected chi connectivity index (χ3v) is 4.12. The number of halogens is 2. The van der Waals surface area contributed by atoms with Gasteiger partial charge in [0.15, 0.2) is 0 Å². The molecule has 1 atom stereocenters. The van der Waals surface area contributed by atoms with Gasteiger partial charge >= 0.3 is 0 Å². The van der Waals surface area contributed by atoms with E-state index in [1.807, 2.05) is 19.1 Å². The first-order valence-corrected chi connectivity index (χ1v) is 6.39. The smallest absolute Gasteiger partial charge is 0.0644 e. The van der Waals surface area contributed by atoms with Crippen molar-refractivity contribution in [2.75, 3.05) is 0 Å². The molecule has 17 heavy (non-hydrogen) atoms. The number of carboxylic acids is 1. The van der Waals surface area contributed by atoms with Gasteiger partial charge in [-0.1, -0.05) is 18.5 Å². The molecule has 1 unspecified atom stereocenters. The van der Waals surface area contributed by atoms with Gasteiger partial charge in [0.2, 0.25) is 0 Å². The fourth-order valence-corrected chi connectivity index (χ4v) is 2.57. The van der Waals surface area contributed by atoms with Gasteiger partial charge in [-0.3, -0.25) is 0 Å². The third-order valence-electron chi connectivity index (χ3n) is 2.83. The van der Waals surface area contributed by atoms with Gasteiger partial charge in [0.25, 0.3) is 0 Å². The summed E-state index contributed by atoms with van der Waals surface area (Å²) in [5.41, 5.74) is 1.50. The van der Waals surface area contributed by atoms with Gasteiger partial charge in [0, 0.05) is 33.5 Å². The van der Waals surface area contributed by atoms with E-state index in [2.05, 4.69) is 20.9 Å². The molecule has 1 heterocycles. The first kappa shape index (κ1) is 12.5. The van der Waals surface area contributed by atoms with E-state index < -0.39 is 11.9 Å². The van der Waals surface area contributed by atoms with Crippen LogP contribution in [0.15, 0.2) is 22.8 Å². The van der Waals surface area contributed by atoms with Gasteiger partial charge in [-0.2, -0.15) is 0 Å². The summed E-state index contributed by atoms with van der Waals surface area (Å²) < 4.78 is 0.751. The molecule has 1 aromatic heterocycles. The van der Waals surface area contributed by atoms with Gasteiger partial charge in [-0.05, 0) is 40.0 Å². The van der Waals surface area contributed by atoms with Crippen LogP contribution >= 0.6 is 27.5 Å². The molecule has 0 saturated heterocycles. The quantitative estimate of drug-likeness (QED) is 0.947. The fraction of sp³-hybridized carbons (Fsp3) is 0.250. The summed E-state index contributed by atoms with van der Waals surface area (Å²) >= 11 is 9.53. The van der Waals surface area contributed by atoms with Gasteiger partial charge in [0.05, 0.1) is 5.02 Å². The van der Waals surface area contributed by atoms with Crippen LogP contribution < -0.4 is 5.11 Å². The molecular weight excluding hydrogens is 305 g/mol. The Labute approximate surface area is 112 Å². The molecule has 0 aliphatic rings. The minimum absolute atomic E-state index is 0.470. The fourth-order valence-electron chi connectivity index (χ4n) is 1.97. The van der Waals surface area contributed by atoms with E-state index in [1.165, 1.54) is 0 Å². The van der Waals surface area contributed by atoms with E-state index in [0.717, 1.165) is 15.4 Å². The standard InChI is InChI=1S/C12H11BrClNO2/c1-2-6(12(16)17)7-5-15-9-4-3-8(13)11(14)10(7)9/h3-6,15H,2H2,1H3,(H,16,17)/p-1. The highest BCUT2D eigenvalue weighted by atomic mass is 79.9. The van der Waals surface area contributed by atoms with Crippen molar-refractivity contribution in [3.8, 4) is 0 Å². The lowest BCUT2D eigenvalue weighted by atomic mass is 9.96. The molecule has 0 spiro atoms. The molecule has 5 heteroatoms. The molecule has 2 rings (SSSR count). The van der Waals surface area contributed by atoms with E-state index in [9.17, 15) is 9.90 Å². The van der Waals surface area contributed by atoms with Gasteiger partial charge in [0.1, 0.15) is 0 Å². The average Bonchev–Trinajstić information content (AvgIpc) is 2.69. The van der Waals surface area contributed by atoms with E-state index in [4.69, 9.17) is 11.6 Å². The molecule has 0 amide bonds. The highest BCUT2D eigenvalue weighted by molar-refractivity contribution is 9.10. The molecule has 0 saturated carbocycles. The summed E-state index contributed by atoms with van der Waals surface area (Å²) in [6, 6.07) is 3.68. The van der Waals surface area contributed by atoms with Crippen LogP contribution in [0.5, 0.6) is 0 Å². The monoisotopic (exact) mass is 314 g/mol. The Morgan fingerprint density at radius 1 is 1.59 bits per heavy atom. The number of benzene rings is 1. The van der Waals surface area contributed by atoms with Crippen molar-refractivity contribution in [3.63, 3.8) is 0 Å². The lowest BCUT2D eigenvalue weighted by molar-refractivity contribution is -0.308. The minimum atomic E-state index is -1.08. The number of carbonyl (C=O) groups excluding carboxylic acids is 1. The summed E-state index contributed by atoms with van der Waals surface area (Å²) in [7, 11) is 0. The maximum Gasteiger partial charge on any atom is 0.0644 e. The topological polar surface area (TPSA) is 55.9 Å². The number of carbonyl (C=O) groups is 1. The van der Waals surface area contributed by atoms with E-state index in [1.54, 1.807) is 6.20 Å². The summed E-state index contributed by atoms with van der Waals surface area (Å²) in [5.74, 6) is -1.72. The van der Waals surface area contributed by atoms with E-state index in [0.29, 0.717) is 17.0 Å². The number of aromatic nitrogens is 1. The minimum Gasteiger partial charge on any atom is -0.549 e. The van der Waals surface area contributed by atoms with Crippen LogP contribution in [0.2, 0.25) is 5.02 Å². The molecular formula is C12H10BrClNO2-. The molecule has 0 aliphatic heterocycles. The molecule has 90 valence electrons. The highest BCUT2D eigenvalue weighted by Gasteiger charge is 2.18. The first-order valence-electron chi connectivity index (χ1n) is 5.22. The Bertz CT molecular complexity index is 579. The predicted octanol–water partition coefficient (Wildman–Crippen LogP) is 2.83. The lowest BCUT2D eigenvalue weighted by Crippen LogP contribution is -2.29.